The molecule has 1 N–H and O–H groups in total. The number of piperidine rings is 2. The Morgan fingerprint density at radius 2 is 1.20 bits per heavy atom. The minimum atomic E-state index is -4.66. The van der Waals surface area contributed by atoms with Crippen molar-refractivity contribution in [3.63, 3.8) is 0 Å². The molecule has 2 aliphatic rings. The second kappa shape index (κ2) is 16.5. The smallest absolute Gasteiger partial charge is 0.490 e. The minimum Gasteiger partial charge on any atom is -0.490 e. The van der Waals surface area contributed by atoms with Crippen LogP contribution >= 0.6 is 0 Å². The number of hydrogen-bond donors (Lipinski definition) is 1. The molecule has 2 aliphatic heterocycles. The number of rotatable bonds is 10. The molecule has 1 amide bonds. The number of nitrogens with one attached hydrogen (secondary N) is 1. The van der Waals surface area contributed by atoms with E-state index in [1.165, 1.54) is 24.3 Å². The van der Waals surface area contributed by atoms with Crippen LogP contribution in [0.2, 0.25) is 0 Å². The van der Waals surface area contributed by atoms with Crippen LogP contribution in [0.25, 0.3) is 11.0 Å². The summed E-state index contributed by atoms with van der Waals surface area (Å²) in [7, 11) is 0. The first-order chi connectivity index (χ1) is 23.8. The van der Waals surface area contributed by atoms with E-state index in [9.17, 15) is 31.1 Å². The molecule has 8 nitrogen and oxygen atoms in total. The van der Waals surface area contributed by atoms with Crippen LogP contribution in [0, 0.1) is 6.92 Å². The predicted octanol–water partition coefficient (Wildman–Crippen LogP) is 7.98. The Kier molecular flexibility index (Phi) is 12.2. The molecule has 4 aromatic rings. The number of aryl methyl sites for hydroxylation is 1. The number of halogens is 6. The number of carbonyl (C=O) groups is 1. The van der Waals surface area contributed by atoms with Crippen molar-refractivity contribution in [2.24, 2.45) is 0 Å². The van der Waals surface area contributed by atoms with Crippen LogP contribution in [-0.4, -0.2) is 67.3 Å². The topological polar surface area (TPSA) is 76.4 Å². The van der Waals surface area contributed by atoms with Gasteiger partial charge >= 0.3 is 12.7 Å². The molecule has 0 aliphatic carbocycles. The number of alkyl halides is 6. The van der Waals surface area contributed by atoms with E-state index in [1.54, 1.807) is 24.3 Å². The van der Waals surface area contributed by atoms with E-state index in [0.717, 1.165) is 91.9 Å². The lowest BCUT2D eigenvalue weighted by Crippen LogP contribution is -2.41. The van der Waals surface area contributed by atoms with Gasteiger partial charge < -0.3 is 23.9 Å². The Hall–Kier alpha value is -4.43. The maximum Gasteiger partial charge on any atom is 0.573 e. The number of furan rings is 1. The standard InChI is InChI=1S/C22H22F3NO3.C14H17F3N2O2/c1-15-12-17-13-20(6-7-21(17)27-15)28-18-8-10-26(11-9-18)14-16-2-4-19(5-3-16)29-22(23,24)25;15-14(16,17)21-13-3-1-11(2-4-13)9-19-7-5-12(6-8-19)18-10-20/h2-7,12-13,18H,8-11,14H2,1H3;1-4,10,12H,5-9H2,(H,18,20). The van der Waals surface area contributed by atoms with Gasteiger partial charge in [-0.15, -0.1) is 26.3 Å². The molecule has 2 fully saturated rings. The van der Waals surface area contributed by atoms with Gasteiger partial charge in [0.1, 0.15) is 34.7 Å². The number of nitrogens with zero attached hydrogens (tertiary/aromatic N) is 2. The molecule has 0 atom stereocenters. The second-order valence-electron chi connectivity index (χ2n) is 12.4. The van der Waals surface area contributed by atoms with Crippen LogP contribution in [0.3, 0.4) is 0 Å². The number of ether oxygens (including phenoxy) is 3. The van der Waals surface area contributed by atoms with E-state index in [1.807, 2.05) is 31.2 Å². The van der Waals surface area contributed by atoms with E-state index >= 15 is 0 Å². The lowest BCUT2D eigenvalue weighted by molar-refractivity contribution is -0.275. The first-order valence-electron chi connectivity index (χ1n) is 16.3. The van der Waals surface area contributed by atoms with Gasteiger partial charge in [-0.3, -0.25) is 14.6 Å². The fourth-order valence-corrected chi connectivity index (χ4v) is 6.07. The number of carbonyl (C=O) groups excluding carboxylic acids is 1. The Morgan fingerprint density at radius 1 is 0.720 bits per heavy atom. The molecule has 0 radical (unpaired) electrons. The van der Waals surface area contributed by atoms with Crippen molar-refractivity contribution in [1.29, 1.82) is 0 Å². The third kappa shape index (κ3) is 11.9. The summed E-state index contributed by atoms with van der Waals surface area (Å²) >= 11 is 0. The fourth-order valence-electron chi connectivity index (χ4n) is 6.07. The van der Waals surface area contributed by atoms with Crippen molar-refractivity contribution in [1.82, 2.24) is 15.1 Å². The van der Waals surface area contributed by atoms with Crippen LogP contribution in [0.4, 0.5) is 26.3 Å². The molecule has 3 aromatic carbocycles. The van der Waals surface area contributed by atoms with E-state index in [2.05, 4.69) is 24.6 Å². The summed E-state index contributed by atoms with van der Waals surface area (Å²) in [5, 5.41) is 3.81. The summed E-state index contributed by atoms with van der Waals surface area (Å²) in [5.74, 6) is 1.32. The molecule has 270 valence electrons. The minimum absolute atomic E-state index is 0.152. The first kappa shape index (κ1) is 36.8. The van der Waals surface area contributed by atoms with Gasteiger partial charge in [0.05, 0.1) is 0 Å². The van der Waals surface area contributed by atoms with Gasteiger partial charge in [0, 0.05) is 50.7 Å². The van der Waals surface area contributed by atoms with Crippen molar-refractivity contribution in [2.45, 2.75) is 70.6 Å². The van der Waals surface area contributed by atoms with Crippen molar-refractivity contribution >= 4 is 17.4 Å². The summed E-state index contributed by atoms with van der Waals surface area (Å²) in [6.07, 6.45) is -4.88. The number of fused-ring (bicyclic) bond motifs is 1. The van der Waals surface area contributed by atoms with Crippen LogP contribution in [0.1, 0.15) is 42.6 Å². The van der Waals surface area contributed by atoms with Crippen molar-refractivity contribution in [3.05, 3.63) is 89.7 Å². The van der Waals surface area contributed by atoms with Crippen LogP contribution in [0.15, 0.2) is 77.2 Å². The maximum atomic E-state index is 12.2. The number of hydrogen-bond acceptors (Lipinski definition) is 7. The third-order valence-corrected chi connectivity index (χ3v) is 8.47. The van der Waals surface area contributed by atoms with Crippen molar-refractivity contribution < 1.29 is 49.8 Å². The summed E-state index contributed by atoms with van der Waals surface area (Å²) in [5.41, 5.74) is 2.75. The lowest BCUT2D eigenvalue weighted by Gasteiger charge is -2.32. The van der Waals surface area contributed by atoms with Crippen LogP contribution in [-0.2, 0) is 17.9 Å². The molecular formula is C36H39F6N3O5. The zero-order valence-corrected chi connectivity index (χ0v) is 27.4. The van der Waals surface area contributed by atoms with Crippen LogP contribution in [0.5, 0.6) is 17.2 Å². The molecule has 0 spiro atoms. The molecule has 0 unspecified atom stereocenters. The van der Waals surface area contributed by atoms with Gasteiger partial charge in [-0.2, -0.15) is 0 Å². The van der Waals surface area contributed by atoms with Crippen molar-refractivity contribution in [2.75, 3.05) is 26.2 Å². The van der Waals surface area contributed by atoms with Gasteiger partial charge in [0.2, 0.25) is 6.41 Å². The average molecular weight is 708 g/mol. The predicted molar refractivity (Wildman–Crippen MR) is 174 cm³/mol. The highest BCUT2D eigenvalue weighted by Gasteiger charge is 2.32. The SMILES string of the molecule is Cc1cc2cc(OC3CCN(Cc4ccc(OC(F)(F)F)cc4)CC3)ccc2o1.O=CNC1CCN(Cc2ccc(OC(F)(F)F)cc2)CC1. The summed E-state index contributed by atoms with van der Waals surface area (Å²) < 4.78 is 92.3. The number of benzene rings is 3. The zero-order chi connectivity index (χ0) is 35.7. The lowest BCUT2D eigenvalue weighted by atomic mass is 10.0. The number of amides is 1. The van der Waals surface area contributed by atoms with Gasteiger partial charge in [0.15, 0.2) is 0 Å². The van der Waals surface area contributed by atoms with E-state index in [0.29, 0.717) is 13.1 Å². The van der Waals surface area contributed by atoms with Gasteiger partial charge in [-0.25, -0.2) is 0 Å². The van der Waals surface area contributed by atoms with Crippen LogP contribution < -0.4 is 19.5 Å². The van der Waals surface area contributed by atoms with Crippen molar-refractivity contribution in [3.8, 4) is 17.2 Å². The van der Waals surface area contributed by atoms with E-state index in [-0.39, 0.29) is 23.6 Å². The maximum absolute atomic E-state index is 12.2. The molecule has 14 heteroatoms. The molecule has 0 bridgehead atoms. The van der Waals surface area contributed by atoms with Gasteiger partial charge in [-0.1, -0.05) is 24.3 Å². The summed E-state index contributed by atoms with van der Waals surface area (Å²) in [4.78, 5) is 14.9. The summed E-state index contributed by atoms with van der Waals surface area (Å²) in [6, 6.07) is 20.1. The molecule has 1 aromatic heterocycles. The Balaban J connectivity index is 0.000000205. The van der Waals surface area contributed by atoms with E-state index in [4.69, 9.17) is 9.15 Å². The van der Waals surface area contributed by atoms with Gasteiger partial charge in [-0.05, 0) is 92.3 Å². The van der Waals surface area contributed by atoms with Gasteiger partial charge in [0.25, 0.3) is 0 Å². The second-order valence-corrected chi connectivity index (χ2v) is 12.4. The third-order valence-electron chi connectivity index (χ3n) is 8.47. The Morgan fingerprint density at radius 3 is 1.68 bits per heavy atom. The highest BCUT2D eigenvalue weighted by molar-refractivity contribution is 5.79. The molecular weight excluding hydrogens is 668 g/mol. The zero-order valence-electron chi connectivity index (χ0n) is 27.4. The molecule has 0 saturated carbocycles. The highest BCUT2D eigenvalue weighted by Crippen LogP contribution is 2.28. The van der Waals surface area contributed by atoms with E-state index < -0.39 is 12.7 Å². The Bertz CT molecular complexity index is 1640. The Labute approximate surface area is 285 Å². The normalized spacial score (nSPS) is 16.8. The fraction of sp³-hybridized carbons (Fsp3) is 0.417. The first-order valence-corrected chi connectivity index (χ1v) is 16.3. The monoisotopic (exact) mass is 707 g/mol. The highest BCUT2D eigenvalue weighted by atomic mass is 19.4. The summed E-state index contributed by atoms with van der Waals surface area (Å²) in [6.45, 7) is 6.75. The largest absolute Gasteiger partial charge is 0.573 e. The quantitative estimate of drug-likeness (QED) is 0.132. The average Bonchev–Trinajstić information content (AvgIpc) is 3.43. The molecule has 50 heavy (non-hydrogen) atoms. The molecule has 2 saturated heterocycles. The molecule has 6 rings (SSSR count). The molecule has 3 heterocycles. The number of likely N-dealkylation sites (tertiary alicyclic amines) is 2.